The molecule has 1 fully saturated rings. The average Bonchev–Trinajstić information content (AvgIpc) is 3.41. The lowest BCUT2D eigenvalue weighted by molar-refractivity contribution is -0.124. The summed E-state index contributed by atoms with van der Waals surface area (Å²) in [6, 6.07) is 8.32. The Kier molecular flexibility index (Phi) is 5.77. The first-order valence-corrected chi connectivity index (χ1v) is 10.5. The van der Waals surface area contributed by atoms with Crippen LogP contribution >= 0.6 is 39.1 Å². The highest BCUT2D eigenvalue weighted by atomic mass is 79.9. The SMILES string of the molecule is O=C(NC1(C(=O)NCc2ccc(Cl)nc2)CC1)c1cc(Br)nn1-c1ncccc1Cl. The van der Waals surface area contributed by atoms with E-state index in [2.05, 4.69) is 41.6 Å². The largest absolute Gasteiger partial charge is 0.350 e. The van der Waals surface area contributed by atoms with Gasteiger partial charge in [-0.15, -0.1) is 0 Å². The molecule has 154 valence electrons. The summed E-state index contributed by atoms with van der Waals surface area (Å²) < 4.78 is 1.79. The Morgan fingerprint density at radius 3 is 2.67 bits per heavy atom. The molecule has 0 bridgehead atoms. The number of pyridine rings is 2. The van der Waals surface area contributed by atoms with Gasteiger partial charge in [0.1, 0.15) is 21.0 Å². The van der Waals surface area contributed by atoms with E-state index in [0.29, 0.717) is 33.4 Å². The second-order valence-corrected chi connectivity index (χ2v) is 8.39. The van der Waals surface area contributed by atoms with Crippen LogP contribution in [-0.2, 0) is 11.3 Å². The van der Waals surface area contributed by atoms with Crippen molar-refractivity contribution in [1.29, 1.82) is 0 Å². The van der Waals surface area contributed by atoms with Gasteiger partial charge in [-0.05, 0) is 52.5 Å². The maximum atomic E-state index is 13.0. The first-order chi connectivity index (χ1) is 14.4. The van der Waals surface area contributed by atoms with Crippen molar-refractivity contribution in [2.75, 3.05) is 0 Å². The first kappa shape index (κ1) is 20.8. The summed E-state index contributed by atoms with van der Waals surface area (Å²) in [5.74, 6) is -0.387. The van der Waals surface area contributed by atoms with Crippen LogP contribution in [-0.4, -0.2) is 37.1 Å². The molecular formula is C19H15BrCl2N6O2. The third kappa shape index (κ3) is 4.33. The molecule has 3 aromatic rings. The summed E-state index contributed by atoms with van der Waals surface area (Å²) >= 11 is 15.2. The Balaban J connectivity index is 1.48. The summed E-state index contributed by atoms with van der Waals surface area (Å²) in [5, 5.41) is 10.6. The van der Waals surface area contributed by atoms with Crippen molar-refractivity contribution < 1.29 is 9.59 Å². The molecule has 2 amide bonds. The number of hydrogen-bond donors (Lipinski definition) is 2. The van der Waals surface area contributed by atoms with Crippen LogP contribution in [0.1, 0.15) is 28.9 Å². The van der Waals surface area contributed by atoms with Gasteiger partial charge in [0.15, 0.2) is 5.82 Å². The van der Waals surface area contributed by atoms with Crippen molar-refractivity contribution in [3.8, 4) is 5.82 Å². The zero-order chi connectivity index (χ0) is 21.3. The lowest BCUT2D eigenvalue weighted by atomic mass is 10.2. The third-order valence-corrected chi connectivity index (χ3v) is 5.54. The molecule has 3 aromatic heterocycles. The van der Waals surface area contributed by atoms with Crippen molar-refractivity contribution >= 4 is 50.9 Å². The summed E-state index contributed by atoms with van der Waals surface area (Å²) in [4.78, 5) is 33.9. The van der Waals surface area contributed by atoms with Gasteiger partial charge in [0.2, 0.25) is 5.91 Å². The lowest BCUT2D eigenvalue weighted by Gasteiger charge is -2.17. The minimum absolute atomic E-state index is 0.212. The number of aromatic nitrogens is 4. The molecule has 30 heavy (non-hydrogen) atoms. The van der Waals surface area contributed by atoms with Crippen molar-refractivity contribution in [1.82, 2.24) is 30.4 Å². The highest BCUT2D eigenvalue weighted by Crippen LogP contribution is 2.36. The van der Waals surface area contributed by atoms with E-state index in [9.17, 15) is 9.59 Å². The molecule has 0 spiro atoms. The van der Waals surface area contributed by atoms with Crippen LogP contribution < -0.4 is 10.6 Å². The van der Waals surface area contributed by atoms with Gasteiger partial charge in [-0.1, -0.05) is 29.3 Å². The Hall–Kier alpha value is -2.49. The van der Waals surface area contributed by atoms with Gasteiger partial charge in [0.05, 0.1) is 5.02 Å². The topological polar surface area (TPSA) is 102 Å². The van der Waals surface area contributed by atoms with Crippen LogP contribution in [0.3, 0.4) is 0 Å². The number of rotatable bonds is 6. The predicted octanol–water partition coefficient (Wildman–Crippen LogP) is 3.31. The summed E-state index contributed by atoms with van der Waals surface area (Å²) in [7, 11) is 0. The van der Waals surface area contributed by atoms with Crippen LogP contribution in [0.5, 0.6) is 0 Å². The third-order valence-electron chi connectivity index (χ3n) is 4.63. The Morgan fingerprint density at radius 1 is 1.20 bits per heavy atom. The van der Waals surface area contributed by atoms with Crippen molar-refractivity contribution in [2.24, 2.45) is 0 Å². The van der Waals surface area contributed by atoms with E-state index in [4.69, 9.17) is 23.2 Å². The lowest BCUT2D eigenvalue weighted by Crippen LogP contribution is -2.49. The molecular weight excluding hydrogens is 495 g/mol. The molecule has 0 saturated heterocycles. The predicted molar refractivity (Wildman–Crippen MR) is 115 cm³/mol. The van der Waals surface area contributed by atoms with Crippen molar-refractivity contribution in [3.63, 3.8) is 0 Å². The number of hydrogen-bond acceptors (Lipinski definition) is 5. The number of halogens is 3. The van der Waals surface area contributed by atoms with Crippen LogP contribution in [0.25, 0.3) is 5.82 Å². The Morgan fingerprint density at radius 2 is 2.00 bits per heavy atom. The molecule has 1 aliphatic rings. The maximum Gasteiger partial charge on any atom is 0.270 e. The Labute approximate surface area is 190 Å². The summed E-state index contributed by atoms with van der Waals surface area (Å²) in [6.45, 7) is 0.285. The fraction of sp³-hybridized carbons (Fsp3) is 0.211. The number of carbonyl (C=O) groups is 2. The van der Waals surface area contributed by atoms with E-state index in [1.807, 2.05) is 0 Å². The average molecular weight is 510 g/mol. The second-order valence-electron chi connectivity index (χ2n) is 6.78. The van der Waals surface area contributed by atoms with Crippen LogP contribution in [0.15, 0.2) is 47.3 Å². The van der Waals surface area contributed by atoms with Crippen LogP contribution in [0.4, 0.5) is 0 Å². The number of nitrogens with zero attached hydrogens (tertiary/aromatic N) is 4. The fourth-order valence-electron chi connectivity index (χ4n) is 2.89. The first-order valence-electron chi connectivity index (χ1n) is 8.96. The van der Waals surface area contributed by atoms with E-state index in [1.165, 1.54) is 4.68 Å². The fourth-order valence-corrected chi connectivity index (χ4v) is 3.58. The van der Waals surface area contributed by atoms with Gasteiger partial charge >= 0.3 is 0 Å². The molecule has 0 atom stereocenters. The van der Waals surface area contributed by atoms with Crippen molar-refractivity contribution in [2.45, 2.75) is 24.9 Å². The zero-order valence-electron chi connectivity index (χ0n) is 15.4. The Bertz CT molecular complexity index is 1110. The molecule has 0 unspecified atom stereocenters. The van der Waals surface area contributed by atoms with Gasteiger partial charge < -0.3 is 10.6 Å². The quantitative estimate of drug-likeness (QED) is 0.496. The molecule has 3 heterocycles. The number of carbonyl (C=O) groups excluding carboxylic acids is 2. The van der Waals surface area contributed by atoms with E-state index >= 15 is 0 Å². The molecule has 1 saturated carbocycles. The van der Waals surface area contributed by atoms with Gasteiger partial charge in [-0.3, -0.25) is 9.59 Å². The van der Waals surface area contributed by atoms with Gasteiger partial charge in [-0.25, -0.2) is 14.6 Å². The molecule has 0 aliphatic heterocycles. The minimum atomic E-state index is -0.952. The molecule has 1 aliphatic carbocycles. The summed E-state index contributed by atoms with van der Waals surface area (Å²) in [5.41, 5.74) is 0.0667. The number of nitrogens with one attached hydrogen (secondary N) is 2. The van der Waals surface area contributed by atoms with Crippen LogP contribution in [0.2, 0.25) is 10.2 Å². The minimum Gasteiger partial charge on any atom is -0.350 e. The monoisotopic (exact) mass is 508 g/mol. The van der Waals surface area contributed by atoms with Crippen LogP contribution in [0, 0.1) is 0 Å². The maximum absolute atomic E-state index is 13.0. The summed E-state index contributed by atoms with van der Waals surface area (Å²) in [6.07, 6.45) is 4.24. The molecule has 0 aromatic carbocycles. The van der Waals surface area contributed by atoms with Gasteiger partial charge in [0.25, 0.3) is 5.91 Å². The second kappa shape index (κ2) is 8.33. The molecule has 2 N–H and O–H groups in total. The zero-order valence-corrected chi connectivity index (χ0v) is 18.5. The highest BCUT2D eigenvalue weighted by Gasteiger charge is 2.51. The van der Waals surface area contributed by atoms with E-state index < -0.39 is 11.4 Å². The molecule has 0 radical (unpaired) electrons. The van der Waals surface area contributed by atoms with E-state index in [1.54, 1.807) is 42.7 Å². The van der Waals surface area contributed by atoms with Gasteiger partial charge in [0, 0.05) is 25.0 Å². The standard InChI is InChI=1S/C19H15BrCl2N6O2/c20-14-8-13(28(27-14)16-12(21)2-1-7-23-16)17(29)26-19(5-6-19)18(30)25-10-11-3-4-15(22)24-9-11/h1-4,7-9H,5-6,10H2,(H,25,30)(H,26,29). The normalized spacial score (nSPS) is 14.2. The molecule has 8 nitrogen and oxygen atoms in total. The van der Waals surface area contributed by atoms with Crippen molar-refractivity contribution in [3.05, 3.63) is 68.8 Å². The number of amides is 2. The molecule has 4 rings (SSSR count). The smallest absolute Gasteiger partial charge is 0.270 e. The molecule has 11 heteroatoms. The van der Waals surface area contributed by atoms with E-state index in [-0.39, 0.29) is 18.1 Å². The highest BCUT2D eigenvalue weighted by molar-refractivity contribution is 9.10. The van der Waals surface area contributed by atoms with Gasteiger partial charge in [-0.2, -0.15) is 5.10 Å². The van der Waals surface area contributed by atoms with E-state index in [0.717, 1.165) is 5.56 Å².